The predicted octanol–water partition coefficient (Wildman–Crippen LogP) is 1.53. The van der Waals surface area contributed by atoms with E-state index in [1.54, 1.807) is 17.0 Å². The number of carbonyl (C=O) groups excluding carboxylic acids is 1. The van der Waals surface area contributed by atoms with Gasteiger partial charge in [-0.1, -0.05) is 12.1 Å². The zero-order valence-corrected chi connectivity index (χ0v) is 11.6. The number of phenols is 1. The number of phenolic OH excluding ortho intramolecular Hbond substituents is 1. The van der Waals surface area contributed by atoms with Gasteiger partial charge in [0.1, 0.15) is 5.75 Å². The summed E-state index contributed by atoms with van der Waals surface area (Å²) in [7, 11) is 1.85. The highest BCUT2D eigenvalue weighted by molar-refractivity contribution is 5.83. The van der Waals surface area contributed by atoms with Crippen molar-refractivity contribution in [2.24, 2.45) is 0 Å². The van der Waals surface area contributed by atoms with Gasteiger partial charge in [-0.05, 0) is 43.9 Å². The van der Waals surface area contributed by atoms with Gasteiger partial charge in [-0.3, -0.25) is 4.79 Å². The Kier molecular flexibility index (Phi) is 4.43. The van der Waals surface area contributed by atoms with Gasteiger partial charge in [0, 0.05) is 19.6 Å². The molecule has 0 aromatic heterocycles. The van der Waals surface area contributed by atoms with Crippen molar-refractivity contribution in [1.82, 2.24) is 10.2 Å². The second-order valence-electron chi connectivity index (χ2n) is 5.37. The van der Waals surface area contributed by atoms with Crippen molar-refractivity contribution in [3.05, 3.63) is 29.8 Å². The van der Waals surface area contributed by atoms with Gasteiger partial charge in [-0.25, -0.2) is 0 Å². The van der Waals surface area contributed by atoms with Crippen LogP contribution in [0.15, 0.2) is 24.3 Å². The standard InChI is InChI=1S/C15H22N2O2/c1-11(16-14-9-10-17(2)15(14)19)3-4-12-5-7-13(18)8-6-12/h5-8,11,14,16,18H,3-4,9-10H2,1-2H3. The Bertz CT molecular complexity index is 430. The zero-order chi connectivity index (χ0) is 13.8. The fourth-order valence-corrected chi connectivity index (χ4v) is 2.45. The van der Waals surface area contributed by atoms with Crippen LogP contribution in [0.3, 0.4) is 0 Å². The molecule has 4 heteroatoms. The van der Waals surface area contributed by atoms with Gasteiger partial charge >= 0.3 is 0 Å². The van der Waals surface area contributed by atoms with Crippen molar-refractivity contribution < 1.29 is 9.90 Å². The lowest BCUT2D eigenvalue weighted by molar-refractivity contribution is -0.128. The summed E-state index contributed by atoms with van der Waals surface area (Å²) in [5.74, 6) is 0.506. The molecular formula is C15H22N2O2. The van der Waals surface area contributed by atoms with Gasteiger partial charge in [-0.15, -0.1) is 0 Å². The van der Waals surface area contributed by atoms with Gasteiger partial charge in [0.05, 0.1) is 6.04 Å². The number of likely N-dealkylation sites (N-methyl/N-ethyl adjacent to an activating group) is 1. The number of aryl methyl sites for hydroxylation is 1. The zero-order valence-electron chi connectivity index (χ0n) is 11.6. The van der Waals surface area contributed by atoms with Crippen LogP contribution in [0.2, 0.25) is 0 Å². The molecule has 2 unspecified atom stereocenters. The van der Waals surface area contributed by atoms with Crippen LogP contribution in [0.1, 0.15) is 25.3 Å². The number of nitrogens with one attached hydrogen (secondary N) is 1. The number of likely N-dealkylation sites (tertiary alicyclic amines) is 1. The van der Waals surface area contributed by atoms with E-state index in [0.717, 1.165) is 25.8 Å². The molecule has 1 saturated heterocycles. The molecule has 1 aliphatic heterocycles. The molecule has 4 nitrogen and oxygen atoms in total. The molecule has 0 spiro atoms. The molecule has 1 aromatic carbocycles. The first-order valence-corrected chi connectivity index (χ1v) is 6.85. The van der Waals surface area contributed by atoms with Gasteiger partial charge in [-0.2, -0.15) is 0 Å². The fourth-order valence-electron chi connectivity index (χ4n) is 2.45. The van der Waals surface area contributed by atoms with Crippen LogP contribution < -0.4 is 5.32 Å². The summed E-state index contributed by atoms with van der Waals surface area (Å²) in [5, 5.41) is 12.6. The van der Waals surface area contributed by atoms with E-state index in [1.165, 1.54) is 5.56 Å². The number of hydrogen-bond acceptors (Lipinski definition) is 3. The molecule has 1 aliphatic rings. The summed E-state index contributed by atoms with van der Waals surface area (Å²) in [6.45, 7) is 2.97. The molecule has 104 valence electrons. The van der Waals surface area contributed by atoms with E-state index in [-0.39, 0.29) is 11.9 Å². The van der Waals surface area contributed by atoms with Crippen LogP contribution in [-0.2, 0) is 11.2 Å². The summed E-state index contributed by atoms with van der Waals surface area (Å²) in [6, 6.07) is 7.60. The van der Waals surface area contributed by atoms with E-state index in [4.69, 9.17) is 0 Å². The Morgan fingerprint density at radius 3 is 2.68 bits per heavy atom. The topological polar surface area (TPSA) is 52.6 Å². The summed E-state index contributed by atoms with van der Waals surface area (Å²) in [5.41, 5.74) is 1.21. The molecule has 19 heavy (non-hydrogen) atoms. The van der Waals surface area contributed by atoms with Crippen LogP contribution in [-0.4, -0.2) is 41.6 Å². The maximum atomic E-state index is 11.8. The smallest absolute Gasteiger partial charge is 0.239 e. The second-order valence-corrected chi connectivity index (χ2v) is 5.37. The van der Waals surface area contributed by atoms with Crippen molar-refractivity contribution in [3.63, 3.8) is 0 Å². The first-order valence-electron chi connectivity index (χ1n) is 6.85. The lowest BCUT2D eigenvalue weighted by Crippen LogP contribution is -2.41. The van der Waals surface area contributed by atoms with Gasteiger partial charge in [0.15, 0.2) is 0 Å². The third-order valence-corrected chi connectivity index (χ3v) is 3.72. The molecule has 0 bridgehead atoms. The van der Waals surface area contributed by atoms with Crippen LogP contribution in [0.25, 0.3) is 0 Å². The average molecular weight is 262 g/mol. The number of nitrogens with zero attached hydrogens (tertiary/aromatic N) is 1. The molecule has 1 amide bonds. The van der Waals surface area contributed by atoms with Crippen molar-refractivity contribution >= 4 is 5.91 Å². The van der Waals surface area contributed by atoms with E-state index >= 15 is 0 Å². The molecule has 0 radical (unpaired) electrons. The van der Waals surface area contributed by atoms with E-state index in [2.05, 4.69) is 12.2 Å². The third-order valence-electron chi connectivity index (χ3n) is 3.72. The normalized spacial score (nSPS) is 20.8. The monoisotopic (exact) mass is 262 g/mol. The molecule has 0 saturated carbocycles. The highest BCUT2D eigenvalue weighted by Crippen LogP contribution is 2.13. The fraction of sp³-hybridized carbons (Fsp3) is 0.533. The maximum Gasteiger partial charge on any atom is 0.239 e. The van der Waals surface area contributed by atoms with Crippen molar-refractivity contribution in [2.75, 3.05) is 13.6 Å². The van der Waals surface area contributed by atoms with E-state index < -0.39 is 0 Å². The minimum Gasteiger partial charge on any atom is -0.508 e. The highest BCUT2D eigenvalue weighted by atomic mass is 16.3. The number of carbonyl (C=O) groups is 1. The number of hydrogen-bond donors (Lipinski definition) is 2. The maximum absolute atomic E-state index is 11.8. The first-order chi connectivity index (χ1) is 9.06. The van der Waals surface area contributed by atoms with Gasteiger partial charge < -0.3 is 15.3 Å². The van der Waals surface area contributed by atoms with E-state index in [1.807, 2.05) is 19.2 Å². The number of amides is 1. The Morgan fingerprint density at radius 2 is 2.11 bits per heavy atom. The van der Waals surface area contributed by atoms with Crippen molar-refractivity contribution in [3.8, 4) is 5.75 Å². The SMILES string of the molecule is CC(CCc1ccc(O)cc1)NC1CCN(C)C1=O. The highest BCUT2D eigenvalue weighted by Gasteiger charge is 2.29. The molecule has 0 aliphatic carbocycles. The van der Waals surface area contributed by atoms with Crippen LogP contribution in [0.4, 0.5) is 0 Å². The molecule has 2 rings (SSSR count). The largest absolute Gasteiger partial charge is 0.508 e. The lowest BCUT2D eigenvalue weighted by Gasteiger charge is -2.18. The van der Waals surface area contributed by atoms with Crippen LogP contribution in [0.5, 0.6) is 5.75 Å². The molecular weight excluding hydrogens is 240 g/mol. The Labute approximate surface area is 114 Å². The summed E-state index contributed by atoms with van der Waals surface area (Å²) in [4.78, 5) is 13.6. The minimum absolute atomic E-state index is 0.0141. The molecule has 1 fully saturated rings. The number of benzene rings is 1. The lowest BCUT2D eigenvalue weighted by atomic mass is 10.1. The summed E-state index contributed by atoms with van der Waals surface area (Å²) < 4.78 is 0. The molecule has 2 atom stereocenters. The number of aromatic hydroxyl groups is 1. The van der Waals surface area contributed by atoms with Crippen molar-refractivity contribution in [1.29, 1.82) is 0 Å². The summed E-state index contributed by atoms with van der Waals surface area (Å²) >= 11 is 0. The van der Waals surface area contributed by atoms with E-state index in [0.29, 0.717) is 11.8 Å². The van der Waals surface area contributed by atoms with Crippen LogP contribution in [0, 0.1) is 0 Å². The van der Waals surface area contributed by atoms with E-state index in [9.17, 15) is 9.90 Å². The Hall–Kier alpha value is -1.55. The summed E-state index contributed by atoms with van der Waals surface area (Å²) in [6.07, 6.45) is 2.84. The van der Waals surface area contributed by atoms with Crippen molar-refractivity contribution in [2.45, 2.75) is 38.3 Å². The Balaban J connectivity index is 1.77. The molecule has 2 N–H and O–H groups in total. The predicted molar refractivity (Wildman–Crippen MR) is 75.1 cm³/mol. The van der Waals surface area contributed by atoms with Gasteiger partial charge in [0.25, 0.3) is 0 Å². The molecule has 1 heterocycles. The average Bonchev–Trinajstić information content (AvgIpc) is 2.70. The minimum atomic E-state index is -0.0141. The molecule has 1 aromatic rings. The van der Waals surface area contributed by atoms with Crippen LogP contribution >= 0.6 is 0 Å². The van der Waals surface area contributed by atoms with Gasteiger partial charge in [0.2, 0.25) is 5.91 Å². The Morgan fingerprint density at radius 1 is 1.42 bits per heavy atom. The quantitative estimate of drug-likeness (QED) is 0.846. The third kappa shape index (κ3) is 3.70. The number of rotatable bonds is 5. The first kappa shape index (κ1) is 13.9. The second kappa shape index (κ2) is 6.06.